The van der Waals surface area contributed by atoms with Crippen molar-refractivity contribution < 1.29 is 0 Å². The molecule has 3 unspecified atom stereocenters. The Morgan fingerprint density at radius 1 is 1.07 bits per heavy atom. The molecule has 0 spiro atoms. The number of hydrogen-bond donors (Lipinski definition) is 0. The van der Waals surface area contributed by atoms with Gasteiger partial charge < -0.3 is 0 Å². The maximum absolute atomic E-state index is 2.48. The molecule has 1 aliphatic carbocycles. The summed E-state index contributed by atoms with van der Waals surface area (Å²) in [6, 6.07) is 0. The fraction of sp³-hybridized carbons (Fsp3) is 1.00. The van der Waals surface area contributed by atoms with E-state index in [0.29, 0.717) is 0 Å². The van der Waals surface area contributed by atoms with E-state index in [0.717, 1.165) is 29.6 Å². The Kier molecular flexibility index (Phi) is 4.47. The van der Waals surface area contributed by atoms with E-state index in [2.05, 4.69) is 34.6 Å². The highest BCUT2D eigenvalue weighted by atomic mass is 14.4. The third kappa shape index (κ3) is 2.52. The summed E-state index contributed by atoms with van der Waals surface area (Å²) in [6.45, 7) is 12.0. The first-order valence-electron chi connectivity index (χ1n) is 6.60. The lowest BCUT2D eigenvalue weighted by molar-refractivity contribution is 0.254. The molecule has 0 aromatic carbocycles. The monoisotopic (exact) mass is 196 g/mol. The van der Waals surface area contributed by atoms with Crippen LogP contribution < -0.4 is 0 Å². The molecule has 0 N–H and O–H groups in total. The van der Waals surface area contributed by atoms with Crippen molar-refractivity contribution in [3.63, 3.8) is 0 Å². The van der Waals surface area contributed by atoms with Crippen LogP contribution in [0.4, 0.5) is 0 Å². The highest BCUT2D eigenvalue weighted by Crippen LogP contribution is 2.45. The normalized spacial score (nSPS) is 33.2. The van der Waals surface area contributed by atoms with E-state index in [-0.39, 0.29) is 0 Å². The molecule has 0 bridgehead atoms. The maximum Gasteiger partial charge on any atom is -0.0357 e. The molecular formula is C14H28. The van der Waals surface area contributed by atoms with Gasteiger partial charge in [0.25, 0.3) is 0 Å². The van der Waals surface area contributed by atoms with Gasteiger partial charge in [0.2, 0.25) is 0 Å². The molecule has 1 aliphatic rings. The molecule has 0 heteroatoms. The zero-order chi connectivity index (χ0) is 10.7. The van der Waals surface area contributed by atoms with Crippen molar-refractivity contribution in [1.82, 2.24) is 0 Å². The van der Waals surface area contributed by atoms with E-state index in [4.69, 9.17) is 0 Å². The summed E-state index contributed by atoms with van der Waals surface area (Å²) in [6.07, 6.45) is 5.76. The molecule has 0 heterocycles. The molecule has 3 atom stereocenters. The molecule has 0 saturated heterocycles. The minimum Gasteiger partial charge on any atom is -0.0651 e. The van der Waals surface area contributed by atoms with Crippen molar-refractivity contribution in [2.24, 2.45) is 29.6 Å². The van der Waals surface area contributed by atoms with Gasteiger partial charge in [-0.25, -0.2) is 0 Å². The van der Waals surface area contributed by atoms with E-state index in [1.807, 2.05) is 0 Å². The summed E-state index contributed by atoms with van der Waals surface area (Å²) in [7, 11) is 0. The third-order valence-electron chi connectivity index (χ3n) is 4.58. The summed E-state index contributed by atoms with van der Waals surface area (Å²) in [5.74, 6) is 4.91. The van der Waals surface area contributed by atoms with Crippen molar-refractivity contribution in [3.05, 3.63) is 0 Å². The maximum atomic E-state index is 2.48. The SMILES string of the molecule is CCC(CC)C1CC(C(C)C)CC1C. The summed E-state index contributed by atoms with van der Waals surface area (Å²) in [5, 5.41) is 0. The van der Waals surface area contributed by atoms with Gasteiger partial charge in [-0.05, 0) is 42.4 Å². The minimum absolute atomic E-state index is 0.900. The van der Waals surface area contributed by atoms with Crippen LogP contribution in [0.5, 0.6) is 0 Å². The third-order valence-corrected chi connectivity index (χ3v) is 4.58. The lowest BCUT2D eigenvalue weighted by Crippen LogP contribution is -2.16. The molecule has 1 rings (SSSR count). The zero-order valence-electron chi connectivity index (χ0n) is 10.7. The molecule has 0 amide bonds. The Balaban J connectivity index is 2.55. The smallest absolute Gasteiger partial charge is 0.0357 e. The van der Waals surface area contributed by atoms with Crippen LogP contribution in [0.15, 0.2) is 0 Å². The van der Waals surface area contributed by atoms with Crippen molar-refractivity contribution in [2.75, 3.05) is 0 Å². The first-order chi connectivity index (χ1) is 6.60. The van der Waals surface area contributed by atoms with Crippen molar-refractivity contribution >= 4 is 0 Å². The van der Waals surface area contributed by atoms with E-state index in [1.54, 1.807) is 0 Å². The quantitative estimate of drug-likeness (QED) is 0.609. The van der Waals surface area contributed by atoms with Crippen LogP contribution in [0.3, 0.4) is 0 Å². The Bertz CT molecular complexity index is 155. The molecular weight excluding hydrogens is 168 g/mol. The van der Waals surface area contributed by atoms with Crippen molar-refractivity contribution in [2.45, 2.75) is 60.3 Å². The van der Waals surface area contributed by atoms with Gasteiger partial charge >= 0.3 is 0 Å². The Morgan fingerprint density at radius 2 is 1.64 bits per heavy atom. The van der Waals surface area contributed by atoms with E-state index < -0.39 is 0 Å². The van der Waals surface area contributed by atoms with Gasteiger partial charge in [0.05, 0.1) is 0 Å². The van der Waals surface area contributed by atoms with Crippen molar-refractivity contribution in [3.8, 4) is 0 Å². The van der Waals surface area contributed by atoms with E-state index >= 15 is 0 Å². The van der Waals surface area contributed by atoms with E-state index in [1.165, 1.54) is 25.7 Å². The molecule has 0 aromatic rings. The van der Waals surface area contributed by atoms with E-state index in [9.17, 15) is 0 Å². The van der Waals surface area contributed by atoms with Crippen LogP contribution in [-0.4, -0.2) is 0 Å². The van der Waals surface area contributed by atoms with Crippen LogP contribution in [0.1, 0.15) is 60.3 Å². The lowest BCUT2D eigenvalue weighted by Gasteiger charge is -2.24. The summed E-state index contributed by atoms with van der Waals surface area (Å²) in [5.41, 5.74) is 0. The van der Waals surface area contributed by atoms with Gasteiger partial charge in [-0.1, -0.05) is 47.5 Å². The predicted octanol–water partition coefficient (Wildman–Crippen LogP) is 4.74. The number of hydrogen-bond acceptors (Lipinski definition) is 0. The summed E-state index contributed by atoms with van der Waals surface area (Å²) >= 11 is 0. The molecule has 0 radical (unpaired) electrons. The van der Waals surface area contributed by atoms with Crippen LogP contribution >= 0.6 is 0 Å². The number of rotatable bonds is 4. The zero-order valence-corrected chi connectivity index (χ0v) is 10.7. The minimum atomic E-state index is 0.900. The first kappa shape index (κ1) is 12.1. The Hall–Kier alpha value is 0. The standard InChI is InChI=1S/C14H28/c1-6-12(7-2)14-9-13(10(3)4)8-11(14)5/h10-14H,6-9H2,1-5H3. The Labute approximate surface area is 90.5 Å². The lowest BCUT2D eigenvalue weighted by atomic mass is 9.81. The van der Waals surface area contributed by atoms with Gasteiger partial charge in [0, 0.05) is 0 Å². The fourth-order valence-electron chi connectivity index (χ4n) is 3.43. The largest absolute Gasteiger partial charge is 0.0651 e. The van der Waals surface area contributed by atoms with Crippen LogP contribution in [0.25, 0.3) is 0 Å². The molecule has 0 aliphatic heterocycles. The van der Waals surface area contributed by atoms with Gasteiger partial charge in [-0.2, -0.15) is 0 Å². The summed E-state index contributed by atoms with van der Waals surface area (Å²) in [4.78, 5) is 0. The van der Waals surface area contributed by atoms with Gasteiger partial charge in [-0.3, -0.25) is 0 Å². The summed E-state index contributed by atoms with van der Waals surface area (Å²) < 4.78 is 0. The average Bonchev–Trinajstić information content (AvgIpc) is 2.51. The molecule has 0 aromatic heterocycles. The van der Waals surface area contributed by atoms with Gasteiger partial charge in [0.15, 0.2) is 0 Å². The predicted molar refractivity (Wildman–Crippen MR) is 64.3 cm³/mol. The van der Waals surface area contributed by atoms with Crippen LogP contribution in [0.2, 0.25) is 0 Å². The molecule has 14 heavy (non-hydrogen) atoms. The highest BCUT2D eigenvalue weighted by molar-refractivity contribution is 4.85. The van der Waals surface area contributed by atoms with Gasteiger partial charge in [-0.15, -0.1) is 0 Å². The topological polar surface area (TPSA) is 0 Å². The Morgan fingerprint density at radius 3 is 2.00 bits per heavy atom. The average molecular weight is 196 g/mol. The molecule has 84 valence electrons. The first-order valence-corrected chi connectivity index (χ1v) is 6.60. The second kappa shape index (κ2) is 5.19. The second-order valence-electron chi connectivity index (χ2n) is 5.69. The second-order valence-corrected chi connectivity index (χ2v) is 5.69. The molecule has 1 fully saturated rings. The van der Waals surface area contributed by atoms with Crippen LogP contribution in [-0.2, 0) is 0 Å². The highest BCUT2D eigenvalue weighted by Gasteiger charge is 2.35. The fourth-order valence-corrected chi connectivity index (χ4v) is 3.43. The van der Waals surface area contributed by atoms with Gasteiger partial charge in [0.1, 0.15) is 0 Å². The van der Waals surface area contributed by atoms with Crippen molar-refractivity contribution in [1.29, 1.82) is 0 Å². The molecule has 0 nitrogen and oxygen atoms in total. The molecule has 1 saturated carbocycles. The van der Waals surface area contributed by atoms with Crippen LogP contribution in [0, 0.1) is 29.6 Å².